The van der Waals surface area contributed by atoms with Gasteiger partial charge in [-0.3, -0.25) is 19.2 Å². The molecule has 38 heavy (non-hydrogen) atoms. The van der Waals surface area contributed by atoms with Gasteiger partial charge in [-0.15, -0.1) is 0 Å². The Hall–Kier alpha value is -2.84. The molecule has 0 spiro atoms. The maximum Gasteiger partial charge on any atom is 0.471 e. The van der Waals surface area contributed by atoms with Crippen molar-refractivity contribution in [1.29, 1.82) is 5.26 Å². The predicted molar refractivity (Wildman–Crippen MR) is 129 cm³/mol. The Balaban J connectivity index is 1.58. The van der Waals surface area contributed by atoms with Crippen molar-refractivity contribution in [3.8, 4) is 6.07 Å². The normalized spacial score (nSPS) is 32.1. The Kier molecular flexibility index (Phi) is 7.70. The molecule has 4 rings (SSSR count). The van der Waals surface area contributed by atoms with Crippen molar-refractivity contribution in [2.75, 3.05) is 13.1 Å². The minimum atomic E-state index is -5.16. The smallest absolute Gasteiger partial charge is 0.356 e. The molecule has 3 unspecified atom stereocenters. The molecule has 9 nitrogen and oxygen atoms in total. The van der Waals surface area contributed by atoms with E-state index in [0.717, 1.165) is 25.7 Å². The van der Waals surface area contributed by atoms with Gasteiger partial charge in [0, 0.05) is 19.0 Å². The highest BCUT2D eigenvalue weighted by atomic mass is 19.4. The molecule has 2 saturated heterocycles. The lowest BCUT2D eigenvalue weighted by atomic mass is 9.85. The fourth-order valence-corrected chi connectivity index (χ4v) is 7.12. The first-order chi connectivity index (χ1) is 17.7. The number of carbonyl (C=O) groups excluding carboxylic acids is 4. The molecular weight excluding hydrogens is 503 g/mol. The average molecular weight is 540 g/mol. The van der Waals surface area contributed by atoms with E-state index >= 15 is 0 Å². The van der Waals surface area contributed by atoms with Gasteiger partial charge in [-0.05, 0) is 54.8 Å². The van der Waals surface area contributed by atoms with Gasteiger partial charge in [0.05, 0.1) is 6.07 Å². The molecule has 3 N–H and O–H groups in total. The summed E-state index contributed by atoms with van der Waals surface area (Å²) in [6.07, 6.45) is -0.644. The van der Waals surface area contributed by atoms with E-state index in [4.69, 9.17) is 0 Å². The van der Waals surface area contributed by atoms with Crippen molar-refractivity contribution in [3.05, 3.63) is 0 Å². The van der Waals surface area contributed by atoms with Crippen LogP contribution in [-0.4, -0.2) is 65.9 Å². The van der Waals surface area contributed by atoms with Crippen molar-refractivity contribution < 1.29 is 32.3 Å². The summed E-state index contributed by atoms with van der Waals surface area (Å²) in [7, 11) is 0. The van der Waals surface area contributed by atoms with Crippen LogP contribution in [0.25, 0.3) is 0 Å². The first-order valence-electron chi connectivity index (χ1n) is 13.4. The van der Waals surface area contributed by atoms with E-state index in [-0.39, 0.29) is 30.7 Å². The largest absolute Gasteiger partial charge is 0.471 e. The van der Waals surface area contributed by atoms with Crippen LogP contribution in [-0.2, 0) is 19.2 Å². The third-order valence-electron chi connectivity index (χ3n) is 8.89. The van der Waals surface area contributed by atoms with E-state index < -0.39 is 53.4 Å². The predicted octanol–water partition coefficient (Wildman–Crippen LogP) is 1.88. The first kappa shape index (κ1) is 28.2. The molecule has 4 amide bonds. The van der Waals surface area contributed by atoms with Crippen LogP contribution in [0.5, 0.6) is 0 Å². The number of likely N-dealkylation sites (tertiary alicyclic amines) is 1. The number of fused-ring (bicyclic) bond motifs is 3. The number of nitrogens with zero attached hydrogens (tertiary/aromatic N) is 2. The summed E-state index contributed by atoms with van der Waals surface area (Å²) in [5.74, 6) is -3.42. The number of nitriles is 1. The second-order valence-electron chi connectivity index (χ2n) is 12.3. The molecule has 4 fully saturated rings. The molecule has 2 aliphatic heterocycles. The molecule has 12 heteroatoms. The lowest BCUT2D eigenvalue weighted by Crippen LogP contribution is -2.60. The van der Waals surface area contributed by atoms with Gasteiger partial charge in [-0.1, -0.05) is 33.6 Å². The van der Waals surface area contributed by atoms with Crippen molar-refractivity contribution in [2.24, 2.45) is 35.0 Å². The highest BCUT2D eigenvalue weighted by Crippen LogP contribution is 2.55. The van der Waals surface area contributed by atoms with E-state index in [1.54, 1.807) is 20.8 Å². The maximum absolute atomic E-state index is 13.8. The van der Waals surface area contributed by atoms with Crippen molar-refractivity contribution in [1.82, 2.24) is 20.9 Å². The Labute approximate surface area is 220 Å². The summed E-state index contributed by atoms with van der Waals surface area (Å²) in [5.41, 5.74) is -1.06. The summed E-state index contributed by atoms with van der Waals surface area (Å²) in [6, 6.07) is -1.37. The van der Waals surface area contributed by atoms with Crippen LogP contribution in [0.3, 0.4) is 0 Å². The van der Waals surface area contributed by atoms with E-state index in [0.29, 0.717) is 24.8 Å². The molecule has 0 radical (unpaired) electrons. The Morgan fingerprint density at radius 3 is 2.39 bits per heavy atom. The minimum absolute atomic E-state index is 0.0299. The van der Waals surface area contributed by atoms with Crippen LogP contribution >= 0.6 is 0 Å². The molecule has 2 aliphatic carbocycles. The zero-order chi connectivity index (χ0) is 28.0. The maximum atomic E-state index is 13.8. The molecule has 0 bridgehead atoms. The molecule has 4 aliphatic rings. The Morgan fingerprint density at radius 2 is 1.82 bits per heavy atom. The average Bonchev–Trinajstić information content (AvgIpc) is 3.57. The second-order valence-corrected chi connectivity index (χ2v) is 12.3. The third-order valence-corrected chi connectivity index (χ3v) is 8.89. The number of alkyl halides is 3. The summed E-state index contributed by atoms with van der Waals surface area (Å²) in [4.78, 5) is 52.6. The van der Waals surface area contributed by atoms with Crippen LogP contribution < -0.4 is 16.0 Å². The lowest BCUT2D eigenvalue weighted by molar-refractivity contribution is -0.176. The number of halogens is 3. The van der Waals surface area contributed by atoms with Gasteiger partial charge in [0.1, 0.15) is 18.1 Å². The molecule has 210 valence electrons. The van der Waals surface area contributed by atoms with E-state index in [2.05, 4.69) is 10.6 Å². The van der Waals surface area contributed by atoms with Gasteiger partial charge in [0.25, 0.3) is 0 Å². The fraction of sp³-hybridized carbons (Fsp3) is 0.808. The zero-order valence-electron chi connectivity index (χ0n) is 21.9. The van der Waals surface area contributed by atoms with Gasteiger partial charge >= 0.3 is 12.1 Å². The van der Waals surface area contributed by atoms with Crippen LogP contribution in [0.15, 0.2) is 0 Å². The van der Waals surface area contributed by atoms with Crippen LogP contribution in [0, 0.1) is 46.3 Å². The molecule has 0 aromatic rings. The molecular formula is C26H36F3N5O4. The first-order valence-corrected chi connectivity index (χ1v) is 13.4. The topological polar surface area (TPSA) is 131 Å². The quantitative estimate of drug-likeness (QED) is 0.474. The monoisotopic (exact) mass is 539 g/mol. The summed E-state index contributed by atoms with van der Waals surface area (Å²) < 4.78 is 39.3. The van der Waals surface area contributed by atoms with Crippen molar-refractivity contribution >= 4 is 23.6 Å². The Morgan fingerprint density at radius 1 is 1.11 bits per heavy atom. The van der Waals surface area contributed by atoms with Crippen LogP contribution in [0.2, 0.25) is 0 Å². The molecule has 2 heterocycles. The van der Waals surface area contributed by atoms with Crippen molar-refractivity contribution in [2.45, 2.75) is 83.6 Å². The summed E-state index contributed by atoms with van der Waals surface area (Å²) >= 11 is 0. The third kappa shape index (κ3) is 5.47. The molecule has 0 aromatic carbocycles. The van der Waals surface area contributed by atoms with Gasteiger partial charge in [0.2, 0.25) is 17.7 Å². The SMILES string of the molecule is CC(C)(C)[C@H](NC(=O)C(F)(F)F)C(=O)N1C[C@@H]2C3CCCC3C[C@@H]2[C@H]1C(=O)N[C@H](C#N)CC1CCNC1=O. The van der Waals surface area contributed by atoms with Gasteiger partial charge in [0.15, 0.2) is 0 Å². The highest BCUT2D eigenvalue weighted by molar-refractivity contribution is 5.94. The number of nitrogens with one attached hydrogen (secondary N) is 3. The highest BCUT2D eigenvalue weighted by Gasteiger charge is 2.58. The number of amides is 4. The number of hydrogen-bond donors (Lipinski definition) is 3. The van der Waals surface area contributed by atoms with E-state index in [1.807, 2.05) is 11.4 Å². The molecule has 8 atom stereocenters. The second kappa shape index (κ2) is 10.4. The van der Waals surface area contributed by atoms with Crippen LogP contribution in [0.4, 0.5) is 13.2 Å². The summed E-state index contributed by atoms with van der Waals surface area (Å²) in [5, 5.41) is 17.0. The fourth-order valence-electron chi connectivity index (χ4n) is 7.12. The lowest BCUT2D eigenvalue weighted by Gasteiger charge is -2.36. The summed E-state index contributed by atoms with van der Waals surface area (Å²) in [6.45, 7) is 5.40. The Bertz CT molecular complexity index is 1020. The molecule has 2 saturated carbocycles. The van der Waals surface area contributed by atoms with Crippen molar-refractivity contribution in [3.63, 3.8) is 0 Å². The van der Waals surface area contributed by atoms with E-state index in [9.17, 15) is 37.6 Å². The minimum Gasteiger partial charge on any atom is -0.356 e. The van der Waals surface area contributed by atoms with Crippen LogP contribution in [0.1, 0.15) is 59.3 Å². The number of carbonyl (C=O) groups is 4. The standard InChI is InChI=1S/C26H36F3N5O4/c1-25(2,3)20(33-24(38)26(27,28)29)23(37)34-12-18-16-6-4-5-13(16)10-17(18)19(34)22(36)32-15(11-30)9-14-7-8-31-21(14)35/h13-20H,4-10,12H2,1-3H3,(H,31,35)(H,32,36)(H,33,38)/t13?,14?,15-,16?,17-,18+,19-,20+/m0/s1. The van der Waals surface area contributed by atoms with Gasteiger partial charge < -0.3 is 20.9 Å². The molecule has 0 aromatic heterocycles. The zero-order valence-corrected chi connectivity index (χ0v) is 21.9. The number of hydrogen-bond acceptors (Lipinski definition) is 5. The van der Waals surface area contributed by atoms with Gasteiger partial charge in [-0.2, -0.15) is 18.4 Å². The van der Waals surface area contributed by atoms with E-state index in [1.165, 1.54) is 4.90 Å². The van der Waals surface area contributed by atoms with Gasteiger partial charge in [-0.25, -0.2) is 0 Å². The number of rotatable bonds is 6.